The van der Waals surface area contributed by atoms with Gasteiger partial charge in [-0.05, 0) is 41.1 Å². The Balaban J connectivity index is 2.43. The van der Waals surface area contributed by atoms with Crippen molar-refractivity contribution < 1.29 is 23.8 Å². The van der Waals surface area contributed by atoms with Gasteiger partial charge >= 0.3 is 5.97 Å². The minimum atomic E-state index is -0.991. The molecule has 0 spiro atoms. The fraction of sp³-hybridized carbons (Fsp3) is 0.333. The summed E-state index contributed by atoms with van der Waals surface area (Å²) in [5.74, 6) is -1.51. The third-order valence-electron chi connectivity index (χ3n) is 2.14. The molecule has 0 saturated carbocycles. The SMILES string of the molecule is CC(CC(=O)O)NC(=O)COc1ccc(F)cc1Br. The van der Waals surface area contributed by atoms with Gasteiger partial charge in [0.15, 0.2) is 6.61 Å². The molecule has 7 heteroatoms. The van der Waals surface area contributed by atoms with Gasteiger partial charge in [-0.2, -0.15) is 0 Å². The summed E-state index contributed by atoms with van der Waals surface area (Å²) in [4.78, 5) is 21.9. The second-order valence-electron chi connectivity index (χ2n) is 3.93. The van der Waals surface area contributed by atoms with Crippen LogP contribution in [0.4, 0.5) is 4.39 Å². The first-order valence-electron chi connectivity index (χ1n) is 5.47. The van der Waals surface area contributed by atoms with Crippen LogP contribution in [-0.2, 0) is 9.59 Å². The van der Waals surface area contributed by atoms with Gasteiger partial charge < -0.3 is 15.2 Å². The second kappa shape index (κ2) is 7.08. The zero-order valence-corrected chi connectivity index (χ0v) is 11.7. The normalized spacial score (nSPS) is 11.7. The van der Waals surface area contributed by atoms with E-state index in [0.717, 1.165) is 0 Å². The van der Waals surface area contributed by atoms with E-state index in [9.17, 15) is 14.0 Å². The van der Waals surface area contributed by atoms with Crippen LogP contribution >= 0.6 is 15.9 Å². The lowest BCUT2D eigenvalue weighted by Crippen LogP contribution is -2.37. The van der Waals surface area contributed by atoms with Crippen LogP contribution < -0.4 is 10.1 Å². The smallest absolute Gasteiger partial charge is 0.305 e. The standard InChI is InChI=1S/C12H13BrFNO4/c1-7(4-12(17)18)15-11(16)6-19-10-3-2-8(14)5-9(10)13/h2-3,5,7H,4,6H2,1H3,(H,15,16)(H,17,18). The lowest BCUT2D eigenvalue weighted by atomic mass is 10.2. The molecule has 0 aliphatic carbocycles. The van der Waals surface area contributed by atoms with Crippen LogP contribution in [0.1, 0.15) is 13.3 Å². The largest absolute Gasteiger partial charge is 0.483 e. The molecule has 0 aliphatic rings. The lowest BCUT2D eigenvalue weighted by molar-refractivity contribution is -0.137. The summed E-state index contributed by atoms with van der Waals surface area (Å²) < 4.78 is 18.4. The second-order valence-corrected chi connectivity index (χ2v) is 4.78. The molecular formula is C12H13BrFNO4. The van der Waals surface area contributed by atoms with Gasteiger partial charge in [-0.15, -0.1) is 0 Å². The maximum absolute atomic E-state index is 12.8. The van der Waals surface area contributed by atoms with Crippen molar-refractivity contribution >= 4 is 27.8 Å². The molecule has 5 nitrogen and oxygen atoms in total. The van der Waals surface area contributed by atoms with Gasteiger partial charge in [0.2, 0.25) is 0 Å². The predicted octanol–water partition coefficient (Wildman–Crippen LogP) is 1.95. The number of hydrogen-bond donors (Lipinski definition) is 2. The van der Waals surface area contributed by atoms with Crippen molar-refractivity contribution in [1.29, 1.82) is 0 Å². The Hall–Kier alpha value is -1.63. The van der Waals surface area contributed by atoms with E-state index in [1.165, 1.54) is 18.2 Å². The van der Waals surface area contributed by atoms with E-state index in [1.807, 2.05) is 0 Å². The van der Waals surface area contributed by atoms with E-state index in [-0.39, 0.29) is 13.0 Å². The molecule has 0 bridgehead atoms. The number of carbonyl (C=O) groups excluding carboxylic acids is 1. The number of halogens is 2. The predicted molar refractivity (Wildman–Crippen MR) is 69.5 cm³/mol. The summed E-state index contributed by atoms with van der Waals surface area (Å²) >= 11 is 3.11. The average Bonchev–Trinajstić information content (AvgIpc) is 2.26. The van der Waals surface area contributed by atoms with Crippen LogP contribution in [0.5, 0.6) is 5.75 Å². The van der Waals surface area contributed by atoms with Gasteiger partial charge in [0.05, 0.1) is 10.9 Å². The zero-order valence-electron chi connectivity index (χ0n) is 10.2. The van der Waals surface area contributed by atoms with E-state index in [1.54, 1.807) is 6.92 Å². The summed E-state index contributed by atoms with van der Waals surface area (Å²) in [5.41, 5.74) is 0. The number of benzene rings is 1. The molecular weight excluding hydrogens is 321 g/mol. The number of aliphatic carboxylic acids is 1. The molecule has 2 N–H and O–H groups in total. The first kappa shape index (κ1) is 15.4. The van der Waals surface area contributed by atoms with Crippen molar-refractivity contribution in [1.82, 2.24) is 5.32 Å². The molecule has 104 valence electrons. The molecule has 1 rings (SSSR count). The molecule has 0 fully saturated rings. The van der Waals surface area contributed by atoms with Gasteiger partial charge in [-0.3, -0.25) is 9.59 Å². The fourth-order valence-corrected chi connectivity index (χ4v) is 1.83. The number of amides is 1. The number of carboxylic acid groups (broad SMARTS) is 1. The Morgan fingerprint density at radius 2 is 2.21 bits per heavy atom. The number of carbonyl (C=O) groups is 2. The number of nitrogens with one attached hydrogen (secondary N) is 1. The molecule has 1 aromatic carbocycles. The van der Waals surface area contributed by atoms with Crippen molar-refractivity contribution in [2.75, 3.05) is 6.61 Å². The van der Waals surface area contributed by atoms with Gasteiger partial charge in [-0.1, -0.05) is 0 Å². The van der Waals surface area contributed by atoms with Gasteiger partial charge in [0, 0.05) is 6.04 Å². The molecule has 1 amide bonds. The number of rotatable bonds is 6. The van der Waals surface area contributed by atoms with Crippen LogP contribution in [0, 0.1) is 5.82 Å². The topological polar surface area (TPSA) is 75.6 Å². The third-order valence-corrected chi connectivity index (χ3v) is 2.76. The number of carboxylic acids is 1. The molecule has 0 radical (unpaired) electrons. The van der Waals surface area contributed by atoms with Gasteiger partial charge in [0.25, 0.3) is 5.91 Å². The summed E-state index contributed by atoms with van der Waals surface area (Å²) in [5, 5.41) is 11.0. The molecule has 0 saturated heterocycles. The minimum Gasteiger partial charge on any atom is -0.483 e. The van der Waals surface area contributed by atoms with Crippen LogP contribution in [0.2, 0.25) is 0 Å². The maximum Gasteiger partial charge on any atom is 0.305 e. The molecule has 1 unspecified atom stereocenters. The van der Waals surface area contributed by atoms with Gasteiger partial charge in [-0.25, -0.2) is 4.39 Å². The minimum absolute atomic E-state index is 0.161. The third kappa shape index (κ3) is 5.69. The van der Waals surface area contributed by atoms with Crippen molar-refractivity contribution in [3.05, 3.63) is 28.5 Å². The highest BCUT2D eigenvalue weighted by Gasteiger charge is 2.12. The summed E-state index contributed by atoms with van der Waals surface area (Å²) in [6, 6.07) is 3.35. The molecule has 19 heavy (non-hydrogen) atoms. The maximum atomic E-state index is 12.8. The van der Waals surface area contributed by atoms with E-state index >= 15 is 0 Å². The lowest BCUT2D eigenvalue weighted by Gasteiger charge is -2.12. The Bertz CT molecular complexity index is 481. The average molecular weight is 334 g/mol. The molecule has 0 aliphatic heterocycles. The summed E-state index contributed by atoms with van der Waals surface area (Å²) in [7, 11) is 0. The monoisotopic (exact) mass is 333 g/mol. The van der Waals surface area contributed by atoms with Crippen molar-refractivity contribution in [2.24, 2.45) is 0 Å². The van der Waals surface area contributed by atoms with Crippen LogP contribution in [0.25, 0.3) is 0 Å². The Labute approximate surface area is 117 Å². The fourth-order valence-electron chi connectivity index (χ4n) is 1.37. The van der Waals surface area contributed by atoms with Crippen molar-refractivity contribution in [3.63, 3.8) is 0 Å². The quantitative estimate of drug-likeness (QED) is 0.834. The highest BCUT2D eigenvalue weighted by atomic mass is 79.9. The van der Waals surface area contributed by atoms with Crippen molar-refractivity contribution in [3.8, 4) is 5.75 Å². The Morgan fingerprint density at radius 1 is 1.53 bits per heavy atom. The van der Waals surface area contributed by atoms with E-state index < -0.39 is 23.7 Å². The number of hydrogen-bond acceptors (Lipinski definition) is 3. The van der Waals surface area contributed by atoms with Crippen LogP contribution in [0.3, 0.4) is 0 Å². The van der Waals surface area contributed by atoms with Crippen LogP contribution in [-0.4, -0.2) is 29.6 Å². The summed E-state index contributed by atoms with van der Waals surface area (Å²) in [6.07, 6.45) is -0.161. The Morgan fingerprint density at radius 3 is 2.79 bits per heavy atom. The van der Waals surface area contributed by atoms with Gasteiger partial charge in [0.1, 0.15) is 11.6 Å². The molecule has 1 aromatic rings. The summed E-state index contributed by atoms with van der Waals surface area (Å²) in [6.45, 7) is 1.31. The highest BCUT2D eigenvalue weighted by molar-refractivity contribution is 9.10. The molecule has 0 aromatic heterocycles. The van der Waals surface area contributed by atoms with E-state index in [4.69, 9.17) is 9.84 Å². The molecule has 1 atom stereocenters. The van der Waals surface area contributed by atoms with E-state index in [0.29, 0.717) is 10.2 Å². The highest BCUT2D eigenvalue weighted by Crippen LogP contribution is 2.25. The van der Waals surface area contributed by atoms with Crippen molar-refractivity contribution in [2.45, 2.75) is 19.4 Å². The first-order valence-corrected chi connectivity index (χ1v) is 6.27. The Kier molecular flexibility index (Phi) is 5.75. The zero-order chi connectivity index (χ0) is 14.4. The van der Waals surface area contributed by atoms with E-state index in [2.05, 4.69) is 21.2 Å². The number of ether oxygens (including phenoxy) is 1. The first-order chi connectivity index (χ1) is 8.88. The van der Waals surface area contributed by atoms with Crippen LogP contribution in [0.15, 0.2) is 22.7 Å². The molecule has 0 heterocycles.